The van der Waals surface area contributed by atoms with E-state index in [4.69, 9.17) is 0 Å². The lowest BCUT2D eigenvalue weighted by atomic mass is 9.71. The Labute approximate surface area is 104 Å². The standard InChI is InChI=1S/C14H25NO2/c1-14(13(16)17)10-6-5-9-12(14)15-11-7-3-2-4-8-11/h11-12,15H,2-10H2,1H3,(H,16,17). The Balaban J connectivity index is 1.98. The Hall–Kier alpha value is -0.570. The Morgan fingerprint density at radius 1 is 1.12 bits per heavy atom. The van der Waals surface area contributed by atoms with Crippen molar-refractivity contribution >= 4 is 5.97 Å². The van der Waals surface area contributed by atoms with Gasteiger partial charge in [-0.15, -0.1) is 0 Å². The second-order valence-corrected chi connectivity index (χ2v) is 6.02. The molecule has 0 aromatic heterocycles. The lowest BCUT2D eigenvalue weighted by Gasteiger charge is -2.41. The number of nitrogens with one attached hydrogen (secondary N) is 1. The molecule has 2 saturated carbocycles. The molecule has 0 heterocycles. The summed E-state index contributed by atoms with van der Waals surface area (Å²) in [6.07, 6.45) is 10.5. The molecule has 2 fully saturated rings. The lowest BCUT2D eigenvalue weighted by molar-refractivity contribution is -0.151. The van der Waals surface area contributed by atoms with Crippen molar-refractivity contribution in [2.75, 3.05) is 0 Å². The molecule has 0 amide bonds. The van der Waals surface area contributed by atoms with Crippen LogP contribution >= 0.6 is 0 Å². The number of carbonyl (C=O) groups is 1. The highest BCUT2D eigenvalue weighted by atomic mass is 16.4. The molecule has 0 saturated heterocycles. The fourth-order valence-electron chi connectivity index (χ4n) is 3.41. The van der Waals surface area contributed by atoms with Crippen LogP contribution in [0.2, 0.25) is 0 Å². The van der Waals surface area contributed by atoms with Gasteiger partial charge in [-0.05, 0) is 32.6 Å². The summed E-state index contributed by atoms with van der Waals surface area (Å²) in [5.41, 5.74) is -0.546. The van der Waals surface area contributed by atoms with Gasteiger partial charge >= 0.3 is 5.97 Å². The Kier molecular flexibility index (Phi) is 4.08. The third-order valence-electron chi connectivity index (χ3n) is 4.74. The van der Waals surface area contributed by atoms with Crippen LogP contribution in [0, 0.1) is 5.41 Å². The summed E-state index contributed by atoms with van der Waals surface area (Å²) in [4.78, 5) is 11.5. The quantitative estimate of drug-likeness (QED) is 0.796. The van der Waals surface area contributed by atoms with Crippen molar-refractivity contribution < 1.29 is 9.90 Å². The Morgan fingerprint density at radius 3 is 2.41 bits per heavy atom. The molecule has 2 aliphatic carbocycles. The fourth-order valence-corrected chi connectivity index (χ4v) is 3.41. The summed E-state index contributed by atoms with van der Waals surface area (Å²) >= 11 is 0. The molecule has 2 rings (SSSR count). The van der Waals surface area contributed by atoms with E-state index < -0.39 is 11.4 Å². The van der Waals surface area contributed by atoms with Gasteiger partial charge in [0.1, 0.15) is 0 Å². The van der Waals surface area contributed by atoms with Gasteiger partial charge in [0.05, 0.1) is 5.41 Å². The lowest BCUT2D eigenvalue weighted by Crippen LogP contribution is -2.53. The molecule has 2 N–H and O–H groups in total. The Morgan fingerprint density at radius 2 is 1.76 bits per heavy atom. The third-order valence-corrected chi connectivity index (χ3v) is 4.74. The van der Waals surface area contributed by atoms with Crippen LogP contribution in [-0.2, 0) is 4.79 Å². The van der Waals surface area contributed by atoms with Crippen molar-refractivity contribution in [3.05, 3.63) is 0 Å². The van der Waals surface area contributed by atoms with Gasteiger partial charge < -0.3 is 10.4 Å². The highest BCUT2D eigenvalue weighted by Gasteiger charge is 2.43. The molecule has 2 atom stereocenters. The number of hydrogen-bond donors (Lipinski definition) is 2. The molecule has 0 spiro atoms. The third kappa shape index (κ3) is 2.82. The summed E-state index contributed by atoms with van der Waals surface area (Å²) in [5.74, 6) is -0.620. The van der Waals surface area contributed by atoms with Crippen LogP contribution in [-0.4, -0.2) is 23.2 Å². The number of aliphatic carboxylic acids is 1. The first kappa shape index (κ1) is 12.9. The maximum atomic E-state index is 11.5. The molecule has 2 unspecified atom stereocenters. The largest absolute Gasteiger partial charge is 0.481 e. The Bertz CT molecular complexity index is 273. The van der Waals surface area contributed by atoms with Crippen molar-refractivity contribution in [1.82, 2.24) is 5.32 Å². The van der Waals surface area contributed by atoms with Gasteiger partial charge in [0.2, 0.25) is 0 Å². The average molecular weight is 239 g/mol. The number of carboxylic acids is 1. The van der Waals surface area contributed by atoms with E-state index in [1.54, 1.807) is 0 Å². The van der Waals surface area contributed by atoms with Crippen molar-refractivity contribution in [2.24, 2.45) is 5.41 Å². The van der Waals surface area contributed by atoms with E-state index in [-0.39, 0.29) is 6.04 Å². The fraction of sp³-hybridized carbons (Fsp3) is 0.929. The summed E-state index contributed by atoms with van der Waals surface area (Å²) in [7, 11) is 0. The zero-order chi connectivity index (χ0) is 12.3. The number of carboxylic acid groups (broad SMARTS) is 1. The van der Waals surface area contributed by atoms with Crippen molar-refractivity contribution in [2.45, 2.75) is 76.8 Å². The maximum Gasteiger partial charge on any atom is 0.310 e. The molecule has 0 aliphatic heterocycles. The normalized spacial score (nSPS) is 35.7. The summed E-state index contributed by atoms with van der Waals surface area (Å²) in [6, 6.07) is 0.738. The minimum absolute atomic E-state index is 0.178. The van der Waals surface area contributed by atoms with Crippen LogP contribution in [0.25, 0.3) is 0 Å². The first-order valence-corrected chi connectivity index (χ1v) is 7.12. The van der Waals surface area contributed by atoms with E-state index in [2.05, 4.69) is 5.32 Å². The van der Waals surface area contributed by atoms with Crippen molar-refractivity contribution in [3.8, 4) is 0 Å². The van der Waals surface area contributed by atoms with Gasteiger partial charge in [-0.1, -0.05) is 32.1 Å². The van der Waals surface area contributed by atoms with E-state index in [1.807, 2.05) is 6.92 Å². The monoisotopic (exact) mass is 239 g/mol. The van der Waals surface area contributed by atoms with E-state index in [9.17, 15) is 9.90 Å². The van der Waals surface area contributed by atoms with Crippen molar-refractivity contribution in [1.29, 1.82) is 0 Å². The van der Waals surface area contributed by atoms with Crippen LogP contribution in [0.4, 0.5) is 0 Å². The predicted octanol–water partition coefficient (Wildman–Crippen LogP) is 2.94. The zero-order valence-corrected chi connectivity index (χ0v) is 10.9. The molecular weight excluding hydrogens is 214 g/mol. The highest BCUT2D eigenvalue weighted by molar-refractivity contribution is 5.75. The van der Waals surface area contributed by atoms with Gasteiger partial charge in [0.15, 0.2) is 0 Å². The topological polar surface area (TPSA) is 49.3 Å². The summed E-state index contributed by atoms with van der Waals surface area (Å²) in [6.45, 7) is 1.93. The van der Waals surface area contributed by atoms with Gasteiger partial charge in [0, 0.05) is 12.1 Å². The highest BCUT2D eigenvalue weighted by Crippen LogP contribution is 2.37. The average Bonchev–Trinajstić information content (AvgIpc) is 2.33. The van der Waals surface area contributed by atoms with E-state index in [0.717, 1.165) is 19.3 Å². The molecule has 17 heavy (non-hydrogen) atoms. The smallest absolute Gasteiger partial charge is 0.310 e. The van der Waals surface area contributed by atoms with Gasteiger partial charge in [0.25, 0.3) is 0 Å². The SMILES string of the molecule is CC1(C(=O)O)CCCCC1NC1CCCCC1. The second kappa shape index (κ2) is 5.38. The van der Waals surface area contributed by atoms with Gasteiger partial charge in [-0.25, -0.2) is 0 Å². The van der Waals surface area contributed by atoms with E-state index in [0.29, 0.717) is 6.04 Å². The van der Waals surface area contributed by atoms with Crippen LogP contribution in [0.5, 0.6) is 0 Å². The molecule has 0 bridgehead atoms. The molecule has 0 aromatic carbocycles. The molecule has 3 heteroatoms. The van der Waals surface area contributed by atoms with E-state index >= 15 is 0 Å². The van der Waals surface area contributed by atoms with Crippen molar-refractivity contribution in [3.63, 3.8) is 0 Å². The minimum Gasteiger partial charge on any atom is -0.481 e. The summed E-state index contributed by atoms with van der Waals surface area (Å²) < 4.78 is 0. The molecule has 2 aliphatic rings. The van der Waals surface area contributed by atoms with Crippen LogP contribution in [0.15, 0.2) is 0 Å². The van der Waals surface area contributed by atoms with E-state index in [1.165, 1.54) is 38.5 Å². The maximum absolute atomic E-state index is 11.5. The predicted molar refractivity (Wildman–Crippen MR) is 68.0 cm³/mol. The molecule has 3 nitrogen and oxygen atoms in total. The first-order valence-electron chi connectivity index (χ1n) is 7.12. The molecule has 0 aromatic rings. The summed E-state index contributed by atoms with van der Waals surface area (Å²) in [5, 5.41) is 13.1. The second-order valence-electron chi connectivity index (χ2n) is 6.02. The minimum atomic E-state index is -0.620. The zero-order valence-electron chi connectivity index (χ0n) is 10.9. The first-order chi connectivity index (χ1) is 8.13. The molecular formula is C14H25NO2. The molecule has 0 radical (unpaired) electrons. The number of hydrogen-bond acceptors (Lipinski definition) is 2. The van der Waals surface area contributed by atoms with Crippen LogP contribution in [0.3, 0.4) is 0 Å². The molecule has 98 valence electrons. The van der Waals surface area contributed by atoms with Crippen LogP contribution < -0.4 is 5.32 Å². The number of rotatable bonds is 3. The van der Waals surface area contributed by atoms with Gasteiger partial charge in [-0.2, -0.15) is 0 Å². The van der Waals surface area contributed by atoms with Gasteiger partial charge in [-0.3, -0.25) is 4.79 Å². The van der Waals surface area contributed by atoms with Crippen LogP contribution in [0.1, 0.15) is 64.7 Å².